The van der Waals surface area contributed by atoms with Gasteiger partial charge in [0, 0.05) is 23.4 Å². The molecule has 1 atom stereocenters. The number of hydrogen-bond donors (Lipinski definition) is 2. The minimum atomic E-state index is -0.991. The number of anilines is 2. The minimum absolute atomic E-state index is 0.0597. The Morgan fingerprint density at radius 1 is 1.03 bits per heavy atom. The zero-order chi connectivity index (χ0) is 23.8. The molecule has 172 valence electrons. The molecule has 1 amide bonds. The number of ether oxygens (including phenoxy) is 1. The third-order valence-corrected chi connectivity index (χ3v) is 5.64. The molecule has 0 fully saturated rings. The van der Waals surface area contributed by atoms with Crippen molar-refractivity contribution in [3.63, 3.8) is 0 Å². The first-order valence-electron chi connectivity index (χ1n) is 10.8. The standard InChI is InChI=1S/C25H19N7O3/c1-34-16-11-12-32-20(13-16)18(14-26-32)24-30-31-25(35-24)29-22-23(33)27-19-10-6-5-9-17(19)21(28-22)15-7-3-2-4-8-15/h2-14,22H,1H3,(H,27,33)(H,29,31)/t22-/m1/s1. The van der Waals surface area contributed by atoms with E-state index in [1.807, 2.05) is 60.7 Å². The van der Waals surface area contributed by atoms with Gasteiger partial charge in [-0.2, -0.15) is 5.10 Å². The molecule has 0 saturated heterocycles. The zero-order valence-electron chi connectivity index (χ0n) is 18.5. The molecule has 1 aliphatic rings. The fourth-order valence-electron chi connectivity index (χ4n) is 3.94. The number of rotatable bonds is 5. The van der Waals surface area contributed by atoms with E-state index in [1.165, 1.54) is 0 Å². The molecule has 0 saturated carbocycles. The average Bonchev–Trinajstić information content (AvgIpc) is 3.50. The summed E-state index contributed by atoms with van der Waals surface area (Å²) in [5, 5.41) is 18.4. The van der Waals surface area contributed by atoms with Crippen LogP contribution in [0.15, 0.2) is 88.5 Å². The summed E-state index contributed by atoms with van der Waals surface area (Å²) in [6.07, 6.45) is 2.42. The van der Waals surface area contributed by atoms with E-state index in [-0.39, 0.29) is 17.8 Å². The number of para-hydroxylation sites is 1. The van der Waals surface area contributed by atoms with Crippen LogP contribution in [0.5, 0.6) is 5.75 Å². The molecule has 2 aromatic carbocycles. The SMILES string of the molecule is COc1ccn2ncc(-c3nnc(N[C@H]4N=C(c5ccccc5)c5ccccc5NC4=O)o3)c2c1. The maximum atomic E-state index is 13.0. The van der Waals surface area contributed by atoms with Gasteiger partial charge in [0.1, 0.15) is 5.75 Å². The summed E-state index contributed by atoms with van der Waals surface area (Å²) in [5.41, 5.74) is 4.43. The summed E-state index contributed by atoms with van der Waals surface area (Å²) < 4.78 is 12.8. The molecule has 0 unspecified atom stereocenters. The molecule has 5 aromatic rings. The van der Waals surface area contributed by atoms with Crippen molar-refractivity contribution >= 4 is 28.8 Å². The monoisotopic (exact) mass is 465 g/mol. The Labute approximate surface area is 199 Å². The molecule has 0 bridgehead atoms. The van der Waals surface area contributed by atoms with Crippen molar-refractivity contribution in [1.29, 1.82) is 0 Å². The normalized spacial score (nSPS) is 15.2. The van der Waals surface area contributed by atoms with Crippen LogP contribution in [0.2, 0.25) is 0 Å². The molecule has 6 rings (SSSR count). The lowest BCUT2D eigenvalue weighted by molar-refractivity contribution is -0.116. The van der Waals surface area contributed by atoms with Crippen molar-refractivity contribution in [3.05, 3.63) is 90.3 Å². The second-order valence-corrected chi connectivity index (χ2v) is 7.79. The van der Waals surface area contributed by atoms with Gasteiger partial charge in [-0.25, -0.2) is 9.51 Å². The van der Waals surface area contributed by atoms with Crippen LogP contribution in [0.25, 0.3) is 17.0 Å². The van der Waals surface area contributed by atoms with Crippen molar-refractivity contribution in [1.82, 2.24) is 19.8 Å². The molecule has 0 radical (unpaired) electrons. The van der Waals surface area contributed by atoms with Crippen molar-refractivity contribution in [2.45, 2.75) is 6.17 Å². The molecule has 10 heteroatoms. The van der Waals surface area contributed by atoms with E-state index >= 15 is 0 Å². The number of nitrogens with zero attached hydrogens (tertiary/aromatic N) is 5. The van der Waals surface area contributed by atoms with E-state index in [0.717, 1.165) is 16.6 Å². The highest BCUT2D eigenvalue weighted by molar-refractivity contribution is 6.19. The Morgan fingerprint density at radius 2 is 1.86 bits per heavy atom. The van der Waals surface area contributed by atoms with Gasteiger partial charge in [-0.15, -0.1) is 5.10 Å². The molecule has 0 spiro atoms. The maximum absolute atomic E-state index is 13.0. The quantitative estimate of drug-likeness (QED) is 0.407. The maximum Gasteiger partial charge on any atom is 0.317 e. The summed E-state index contributed by atoms with van der Waals surface area (Å²) in [6.45, 7) is 0. The van der Waals surface area contributed by atoms with Gasteiger partial charge >= 0.3 is 6.01 Å². The number of aromatic nitrogens is 4. The van der Waals surface area contributed by atoms with Gasteiger partial charge in [0.2, 0.25) is 6.17 Å². The third-order valence-electron chi connectivity index (χ3n) is 5.64. The Kier molecular flexibility index (Phi) is 4.95. The van der Waals surface area contributed by atoms with E-state index in [1.54, 1.807) is 30.1 Å². The van der Waals surface area contributed by atoms with Gasteiger partial charge in [-0.05, 0) is 12.1 Å². The number of hydrogen-bond acceptors (Lipinski definition) is 8. The van der Waals surface area contributed by atoms with Gasteiger partial charge < -0.3 is 19.8 Å². The zero-order valence-corrected chi connectivity index (χ0v) is 18.5. The van der Waals surface area contributed by atoms with Gasteiger partial charge in [0.05, 0.1) is 35.8 Å². The first-order valence-corrected chi connectivity index (χ1v) is 10.8. The number of methoxy groups -OCH3 is 1. The van der Waals surface area contributed by atoms with Crippen molar-refractivity contribution < 1.29 is 13.9 Å². The average molecular weight is 465 g/mol. The number of benzene rings is 2. The summed E-state index contributed by atoms with van der Waals surface area (Å²) >= 11 is 0. The van der Waals surface area contributed by atoms with E-state index in [0.29, 0.717) is 22.7 Å². The van der Waals surface area contributed by atoms with Crippen LogP contribution in [0, 0.1) is 0 Å². The number of aliphatic imine (C=N–C) groups is 1. The summed E-state index contributed by atoms with van der Waals surface area (Å²) in [6, 6.07) is 20.9. The highest BCUT2D eigenvalue weighted by Gasteiger charge is 2.27. The number of fused-ring (bicyclic) bond motifs is 2. The fraction of sp³-hybridized carbons (Fsp3) is 0.0800. The summed E-state index contributed by atoms with van der Waals surface area (Å²) in [4.78, 5) is 17.8. The molecule has 1 aliphatic heterocycles. The van der Waals surface area contributed by atoms with Crippen LogP contribution in [0.3, 0.4) is 0 Å². The Balaban J connectivity index is 1.35. The van der Waals surface area contributed by atoms with Crippen LogP contribution in [0.4, 0.5) is 11.7 Å². The van der Waals surface area contributed by atoms with Gasteiger partial charge in [0.15, 0.2) is 0 Å². The van der Waals surface area contributed by atoms with Crippen LogP contribution in [0.1, 0.15) is 11.1 Å². The number of nitrogens with one attached hydrogen (secondary N) is 2. The molecule has 3 aromatic heterocycles. The first-order chi connectivity index (χ1) is 17.2. The molecule has 2 N–H and O–H groups in total. The Bertz CT molecular complexity index is 1570. The largest absolute Gasteiger partial charge is 0.497 e. The van der Waals surface area contributed by atoms with Crippen molar-refractivity contribution in [2.24, 2.45) is 4.99 Å². The van der Waals surface area contributed by atoms with Crippen LogP contribution in [-0.4, -0.2) is 44.7 Å². The highest BCUT2D eigenvalue weighted by atomic mass is 16.5. The Morgan fingerprint density at radius 3 is 2.71 bits per heavy atom. The Hall–Kier alpha value is -4.99. The van der Waals surface area contributed by atoms with Crippen LogP contribution in [-0.2, 0) is 4.79 Å². The number of carbonyl (C=O) groups excluding carboxylic acids is 1. The molecule has 4 heterocycles. The molecular weight excluding hydrogens is 446 g/mol. The van der Waals surface area contributed by atoms with Gasteiger partial charge in [-0.3, -0.25) is 4.79 Å². The predicted molar refractivity (Wildman–Crippen MR) is 130 cm³/mol. The van der Waals surface area contributed by atoms with Crippen molar-refractivity contribution in [2.75, 3.05) is 17.7 Å². The van der Waals surface area contributed by atoms with E-state index < -0.39 is 6.17 Å². The third kappa shape index (κ3) is 3.76. The number of benzodiazepines with no additional fused rings is 1. The second-order valence-electron chi connectivity index (χ2n) is 7.79. The summed E-state index contributed by atoms with van der Waals surface area (Å²) in [7, 11) is 1.59. The molecular formula is C25H19N7O3. The van der Waals surface area contributed by atoms with Crippen LogP contribution < -0.4 is 15.4 Å². The smallest absolute Gasteiger partial charge is 0.317 e. The van der Waals surface area contributed by atoms with Gasteiger partial charge in [0.25, 0.3) is 11.8 Å². The van der Waals surface area contributed by atoms with Gasteiger partial charge in [-0.1, -0.05) is 53.6 Å². The molecule has 10 nitrogen and oxygen atoms in total. The topological polar surface area (TPSA) is 119 Å². The summed E-state index contributed by atoms with van der Waals surface area (Å²) in [5.74, 6) is 0.582. The first kappa shape index (κ1) is 20.6. The predicted octanol–water partition coefficient (Wildman–Crippen LogP) is 3.62. The van der Waals surface area contributed by atoms with Crippen molar-refractivity contribution in [3.8, 4) is 17.2 Å². The highest BCUT2D eigenvalue weighted by Crippen LogP contribution is 2.28. The lowest BCUT2D eigenvalue weighted by atomic mass is 10.0. The second kappa shape index (κ2) is 8.41. The lowest BCUT2D eigenvalue weighted by Crippen LogP contribution is -2.32. The molecule has 0 aliphatic carbocycles. The van der Waals surface area contributed by atoms with E-state index in [9.17, 15) is 4.79 Å². The fourth-order valence-corrected chi connectivity index (χ4v) is 3.94. The van der Waals surface area contributed by atoms with Crippen LogP contribution >= 0.6 is 0 Å². The van der Waals surface area contributed by atoms with E-state index in [2.05, 4.69) is 25.9 Å². The molecule has 35 heavy (non-hydrogen) atoms. The van der Waals surface area contributed by atoms with E-state index in [4.69, 9.17) is 14.1 Å². The minimum Gasteiger partial charge on any atom is -0.497 e. The lowest BCUT2D eigenvalue weighted by Gasteiger charge is -2.11. The number of carbonyl (C=O) groups is 1. The number of pyridine rings is 1. The number of amides is 1.